The monoisotopic (exact) mass is 404 g/mol. The summed E-state index contributed by atoms with van der Waals surface area (Å²) in [5, 5.41) is 14.3. The molecule has 1 unspecified atom stereocenters. The SMILES string of the molecule is CC(OC(=O)c1sc2ccccc2c1Cl)C(=O)Nc1cccc([N+](=O)[O-])c1. The minimum absolute atomic E-state index is 0.158. The van der Waals surface area contributed by atoms with Gasteiger partial charge in [-0.2, -0.15) is 0 Å². The summed E-state index contributed by atoms with van der Waals surface area (Å²) in [6, 6.07) is 12.7. The highest BCUT2D eigenvalue weighted by Crippen LogP contribution is 2.35. The molecule has 3 rings (SSSR count). The van der Waals surface area contributed by atoms with Crippen molar-refractivity contribution in [3.8, 4) is 0 Å². The summed E-state index contributed by atoms with van der Waals surface area (Å²) in [7, 11) is 0. The second-order valence-electron chi connectivity index (χ2n) is 5.59. The first-order chi connectivity index (χ1) is 12.9. The van der Waals surface area contributed by atoms with E-state index in [4.69, 9.17) is 16.3 Å². The summed E-state index contributed by atoms with van der Waals surface area (Å²) in [5.74, 6) is -1.32. The molecule has 9 heteroatoms. The van der Waals surface area contributed by atoms with E-state index in [1.165, 1.54) is 42.5 Å². The molecule has 0 aliphatic carbocycles. The van der Waals surface area contributed by atoms with E-state index in [-0.39, 0.29) is 21.3 Å². The van der Waals surface area contributed by atoms with Crippen molar-refractivity contribution in [1.82, 2.24) is 0 Å². The molecular formula is C18H13ClN2O5S. The smallest absolute Gasteiger partial charge is 0.350 e. The van der Waals surface area contributed by atoms with Crippen molar-refractivity contribution in [1.29, 1.82) is 0 Å². The topological polar surface area (TPSA) is 98.5 Å². The van der Waals surface area contributed by atoms with E-state index in [1.807, 2.05) is 18.2 Å². The highest BCUT2D eigenvalue weighted by molar-refractivity contribution is 7.21. The van der Waals surface area contributed by atoms with Gasteiger partial charge in [-0.3, -0.25) is 14.9 Å². The number of fused-ring (bicyclic) bond motifs is 1. The first kappa shape index (κ1) is 18.8. The van der Waals surface area contributed by atoms with Crippen LogP contribution in [-0.4, -0.2) is 22.9 Å². The number of hydrogen-bond donors (Lipinski definition) is 1. The predicted octanol–water partition coefficient (Wildman–Crippen LogP) is 4.65. The van der Waals surface area contributed by atoms with Crippen LogP contribution in [0.4, 0.5) is 11.4 Å². The van der Waals surface area contributed by atoms with Crippen LogP contribution in [0.3, 0.4) is 0 Å². The summed E-state index contributed by atoms with van der Waals surface area (Å²) in [6.07, 6.45) is -1.11. The average Bonchev–Trinajstić information content (AvgIpc) is 2.99. The Morgan fingerprint density at radius 1 is 1.22 bits per heavy atom. The number of nitrogens with zero attached hydrogens (tertiary/aromatic N) is 1. The number of amides is 1. The van der Waals surface area contributed by atoms with Crippen molar-refractivity contribution in [3.05, 3.63) is 68.5 Å². The molecule has 0 fully saturated rings. The van der Waals surface area contributed by atoms with Crippen LogP contribution in [0.2, 0.25) is 5.02 Å². The van der Waals surface area contributed by atoms with Crippen molar-refractivity contribution >= 4 is 56.3 Å². The zero-order valence-electron chi connectivity index (χ0n) is 14.0. The number of thiophene rings is 1. The number of non-ortho nitro benzene ring substituents is 1. The molecule has 0 aliphatic heterocycles. The lowest BCUT2D eigenvalue weighted by molar-refractivity contribution is -0.384. The largest absolute Gasteiger partial charge is 0.448 e. The number of nitro groups is 1. The molecule has 0 saturated carbocycles. The number of carbonyl (C=O) groups excluding carboxylic acids is 2. The van der Waals surface area contributed by atoms with E-state index >= 15 is 0 Å². The van der Waals surface area contributed by atoms with Gasteiger partial charge in [0.1, 0.15) is 4.88 Å². The van der Waals surface area contributed by atoms with Crippen LogP contribution in [0.5, 0.6) is 0 Å². The fourth-order valence-corrected chi connectivity index (χ4v) is 3.75. The van der Waals surface area contributed by atoms with Crippen molar-refractivity contribution in [2.75, 3.05) is 5.32 Å². The molecule has 3 aromatic rings. The standard InChI is InChI=1S/C18H13ClN2O5S/c1-10(17(22)20-11-5-4-6-12(9-11)21(24)25)26-18(23)16-15(19)13-7-2-3-8-14(13)27-16/h2-10H,1H3,(H,20,22). The van der Waals surface area contributed by atoms with Gasteiger partial charge in [0.2, 0.25) is 0 Å². The van der Waals surface area contributed by atoms with Crippen LogP contribution in [-0.2, 0) is 9.53 Å². The Labute approximate surface area is 162 Å². The summed E-state index contributed by atoms with van der Waals surface area (Å²) in [6.45, 7) is 1.41. The lowest BCUT2D eigenvalue weighted by Crippen LogP contribution is -2.29. The highest BCUT2D eigenvalue weighted by Gasteiger charge is 2.23. The maximum atomic E-state index is 12.4. The molecule has 1 amide bonds. The van der Waals surface area contributed by atoms with Crippen LogP contribution in [0, 0.1) is 10.1 Å². The molecule has 0 radical (unpaired) electrons. The van der Waals surface area contributed by atoms with E-state index < -0.39 is 22.9 Å². The minimum atomic E-state index is -1.11. The van der Waals surface area contributed by atoms with Gasteiger partial charge in [0.15, 0.2) is 6.10 Å². The zero-order valence-corrected chi connectivity index (χ0v) is 15.5. The lowest BCUT2D eigenvalue weighted by atomic mass is 10.2. The van der Waals surface area contributed by atoms with E-state index in [0.717, 1.165) is 10.1 Å². The molecule has 0 spiro atoms. The Hall–Kier alpha value is -2.97. The van der Waals surface area contributed by atoms with Gasteiger partial charge >= 0.3 is 5.97 Å². The normalized spacial score (nSPS) is 11.8. The second kappa shape index (κ2) is 7.73. The van der Waals surface area contributed by atoms with Crippen LogP contribution >= 0.6 is 22.9 Å². The van der Waals surface area contributed by atoms with Crippen molar-refractivity contribution in [2.24, 2.45) is 0 Å². The number of nitro benzene ring substituents is 1. The molecule has 0 saturated heterocycles. The molecule has 138 valence electrons. The van der Waals surface area contributed by atoms with Gasteiger partial charge in [-0.25, -0.2) is 4.79 Å². The zero-order chi connectivity index (χ0) is 19.6. The van der Waals surface area contributed by atoms with Crippen LogP contribution < -0.4 is 5.32 Å². The van der Waals surface area contributed by atoms with Crippen molar-refractivity contribution in [3.63, 3.8) is 0 Å². The second-order valence-corrected chi connectivity index (χ2v) is 7.02. The van der Waals surface area contributed by atoms with Gasteiger partial charge in [-0.15, -0.1) is 11.3 Å². The number of ether oxygens (including phenoxy) is 1. The van der Waals surface area contributed by atoms with Crippen LogP contribution in [0.1, 0.15) is 16.6 Å². The Kier molecular flexibility index (Phi) is 5.38. The third-order valence-corrected chi connectivity index (χ3v) is 5.35. The van der Waals surface area contributed by atoms with Crippen molar-refractivity contribution < 1.29 is 19.2 Å². The fraction of sp³-hybridized carbons (Fsp3) is 0.111. The Morgan fingerprint density at radius 2 is 1.96 bits per heavy atom. The van der Waals surface area contributed by atoms with Gasteiger partial charge in [0.25, 0.3) is 11.6 Å². The highest BCUT2D eigenvalue weighted by atomic mass is 35.5. The summed E-state index contributed by atoms with van der Waals surface area (Å²) >= 11 is 7.42. The number of esters is 1. The van der Waals surface area contributed by atoms with Gasteiger partial charge in [0.05, 0.1) is 9.95 Å². The predicted molar refractivity (Wildman–Crippen MR) is 103 cm³/mol. The molecular weight excluding hydrogens is 392 g/mol. The number of rotatable bonds is 5. The minimum Gasteiger partial charge on any atom is -0.448 e. The van der Waals surface area contributed by atoms with Crippen LogP contribution in [0.25, 0.3) is 10.1 Å². The third-order valence-electron chi connectivity index (χ3n) is 3.70. The Morgan fingerprint density at radius 3 is 2.67 bits per heavy atom. The molecule has 7 nitrogen and oxygen atoms in total. The molecule has 1 aromatic heterocycles. The lowest BCUT2D eigenvalue weighted by Gasteiger charge is -2.13. The van der Waals surface area contributed by atoms with Gasteiger partial charge < -0.3 is 10.1 Å². The van der Waals surface area contributed by atoms with E-state index in [2.05, 4.69) is 5.32 Å². The third kappa shape index (κ3) is 4.07. The Bertz CT molecular complexity index is 1050. The average molecular weight is 405 g/mol. The van der Waals surface area contributed by atoms with Gasteiger partial charge in [0, 0.05) is 27.9 Å². The number of halogens is 1. The maximum Gasteiger partial charge on any atom is 0.350 e. The number of carbonyl (C=O) groups is 2. The van der Waals surface area contributed by atoms with Gasteiger partial charge in [-0.05, 0) is 19.1 Å². The number of hydrogen-bond acceptors (Lipinski definition) is 6. The summed E-state index contributed by atoms with van der Waals surface area (Å²) < 4.78 is 6.04. The van der Waals surface area contributed by atoms with E-state index in [0.29, 0.717) is 0 Å². The first-order valence-electron chi connectivity index (χ1n) is 7.80. The maximum absolute atomic E-state index is 12.4. The van der Waals surface area contributed by atoms with E-state index in [1.54, 1.807) is 6.07 Å². The van der Waals surface area contributed by atoms with Gasteiger partial charge in [-0.1, -0.05) is 35.9 Å². The van der Waals surface area contributed by atoms with E-state index in [9.17, 15) is 19.7 Å². The van der Waals surface area contributed by atoms with Crippen LogP contribution in [0.15, 0.2) is 48.5 Å². The number of nitrogens with one attached hydrogen (secondary N) is 1. The number of anilines is 1. The quantitative estimate of drug-likeness (QED) is 0.379. The molecule has 0 bridgehead atoms. The number of benzene rings is 2. The molecule has 27 heavy (non-hydrogen) atoms. The first-order valence-corrected chi connectivity index (χ1v) is 8.99. The van der Waals surface area contributed by atoms with Crippen molar-refractivity contribution in [2.45, 2.75) is 13.0 Å². The molecule has 1 heterocycles. The summed E-state index contributed by atoms with van der Waals surface area (Å²) in [4.78, 5) is 35.1. The molecule has 1 atom stereocenters. The fourth-order valence-electron chi connectivity index (χ4n) is 2.35. The Balaban J connectivity index is 1.70. The summed E-state index contributed by atoms with van der Waals surface area (Å²) in [5.41, 5.74) is 0.0755. The molecule has 2 aromatic carbocycles. The molecule has 1 N–H and O–H groups in total. The molecule has 0 aliphatic rings.